The second kappa shape index (κ2) is 6.98. The molecule has 1 unspecified atom stereocenters. The third-order valence-electron chi connectivity index (χ3n) is 2.75. The van der Waals surface area contributed by atoms with E-state index in [1.807, 2.05) is 13.8 Å². The summed E-state index contributed by atoms with van der Waals surface area (Å²) in [4.78, 5) is 11.9. The molecule has 1 atom stereocenters. The molecule has 2 N–H and O–H groups in total. The lowest BCUT2D eigenvalue weighted by Crippen LogP contribution is -2.41. The molecule has 100 valence electrons. The molecule has 0 radical (unpaired) electrons. The molecule has 0 heterocycles. The van der Waals surface area contributed by atoms with Crippen molar-refractivity contribution in [2.45, 2.75) is 26.3 Å². The van der Waals surface area contributed by atoms with Crippen molar-refractivity contribution in [1.82, 2.24) is 5.32 Å². The summed E-state index contributed by atoms with van der Waals surface area (Å²) in [5.74, 6) is -0.0292. The van der Waals surface area contributed by atoms with Crippen LogP contribution in [-0.4, -0.2) is 23.7 Å². The highest BCUT2D eigenvalue weighted by Gasteiger charge is 2.17. The van der Waals surface area contributed by atoms with Crippen molar-refractivity contribution < 1.29 is 9.90 Å². The maximum absolute atomic E-state index is 11.9. The summed E-state index contributed by atoms with van der Waals surface area (Å²) in [6.07, 6.45) is 0.113. The molecule has 0 saturated heterocycles. The fourth-order valence-electron chi connectivity index (χ4n) is 1.54. The van der Waals surface area contributed by atoms with Gasteiger partial charge in [0.1, 0.15) is 0 Å². The fourth-order valence-corrected chi connectivity index (χ4v) is 2.07. The maximum atomic E-state index is 11.9. The van der Waals surface area contributed by atoms with Gasteiger partial charge in [0.25, 0.3) is 0 Å². The number of amides is 1. The van der Waals surface area contributed by atoms with Gasteiger partial charge >= 0.3 is 0 Å². The van der Waals surface area contributed by atoms with Gasteiger partial charge in [-0.3, -0.25) is 4.79 Å². The molecule has 1 amide bonds. The number of nitrogens with one attached hydrogen (secondary N) is 1. The van der Waals surface area contributed by atoms with Crippen LogP contribution in [0.15, 0.2) is 18.2 Å². The number of rotatable bonds is 5. The molecule has 18 heavy (non-hydrogen) atoms. The third kappa shape index (κ3) is 4.16. The van der Waals surface area contributed by atoms with Crippen LogP contribution in [0.4, 0.5) is 0 Å². The number of aliphatic hydroxyl groups excluding tert-OH is 1. The van der Waals surface area contributed by atoms with Gasteiger partial charge in [0.2, 0.25) is 5.91 Å². The van der Waals surface area contributed by atoms with Crippen molar-refractivity contribution in [3.8, 4) is 0 Å². The van der Waals surface area contributed by atoms with Crippen LogP contribution < -0.4 is 5.32 Å². The summed E-state index contributed by atoms with van der Waals surface area (Å²) in [6.45, 7) is 3.78. The summed E-state index contributed by atoms with van der Waals surface area (Å²) in [5, 5.41) is 12.9. The van der Waals surface area contributed by atoms with Gasteiger partial charge in [-0.25, -0.2) is 0 Å². The van der Waals surface area contributed by atoms with Gasteiger partial charge < -0.3 is 10.4 Å². The Hall–Kier alpha value is -0.770. The monoisotopic (exact) mass is 289 g/mol. The molecule has 1 aromatic carbocycles. The number of halogens is 2. The SMILES string of the molecule is CC(C)C(CO)NC(=O)Cc1c(Cl)cccc1Cl. The quantitative estimate of drug-likeness (QED) is 0.876. The van der Waals surface area contributed by atoms with Crippen LogP contribution in [-0.2, 0) is 11.2 Å². The highest BCUT2D eigenvalue weighted by Crippen LogP contribution is 2.24. The molecule has 0 aliphatic heterocycles. The Morgan fingerprint density at radius 3 is 2.33 bits per heavy atom. The topological polar surface area (TPSA) is 49.3 Å². The van der Waals surface area contributed by atoms with Crippen molar-refractivity contribution >= 4 is 29.1 Å². The van der Waals surface area contributed by atoms with E-state index in [0.29, 0.717) is 15.6 Å². The second-order valence-electron chi connectivity index (χ2n) is 4.48. The molecule has 0 fully saturated rings. The molecule has 0 bridgehead atoms. The van der Waals surface area contributed by atoms with Gasteiger partial charge in [-0.2, -0.15) is 0 Å². The molecule has 0 aliphatic carbocycles. The van der Waals surface area contributed by atoms with Gasteiger partial charge in [0, 0.05) is 10.0 Å². The van der Waals surface area contributed by atoms with Crippen molar-refractivity contribution in [3.05, 3.63) is 33.8 Å². The largest absolute Gasteiger partial charge is 0.394 e. The standard InChI is InChI=1S/C13H17Cl2NO2/c1-8(2)12(7-17)16-13(18)6-9-10(14)4-3-5-11(9)15/h3-5,8,12,17H,6-7H2,1-2H3,(H,16,18). The molecule has 0 aromatic heterocycles. The molecule has 1 rings (SSSR count). The normalized spacial score (nSPS) is 12.6. The van der Waals surface area contributed by atoms with E-state index in [2.05, 4.69) is 5.32 Å². The van der Waals surface area contributed by atoms with Gasteiger partial charge in [-0.1, -0.05) is 43.1 Å². The number of aliphatic hydroxyl groups is 1. The number of benzene rings is 1. The molecule has 0 spiro atoms. The summed E-state index contributed by atoms with van der Waals surface area (Å²) in [5.41, 5.74) is 0.610. The number of hydrogen-bond donors (Lipinski definition) is 2. The Balaban J connectivity index is 2.70. The number of hydrogen-bond acceptors (Lipinski definition) is 2. The van der Waals surface area contributed by atoms with Gasteiger partial charge in [-0.15, -0.1) is 0 Å². The average molecular weight is 290 g/mol. The Morgan fingerprint density at radius 1 is 1.33 bits per heavy atom. The summed E-state index contributed by atoms with van der Waals surface area (Å²) >= 11 is 12.0. The molecule has 0 saturated carbocycles. The summed E-state index contributed by atoms with van der Waals surface area (Å²) in [6, 6.07) is 4.87. The second-order valence-corrected chi connectivity index (χ2v) is 5.29. The van der Waals surface area contributed by atoms with Crippen molar-refractivity contribution in [3.63, 3.8) is 0 Å². The van der Waals surface area contributed by atoms with Crippen LogP contribution in [0.25, 0.3) is 0 Å². The zero-order valence-corrected chi connectivity index (χ0v) is 11.9. The first-order valence-electron chi connectivity index (χ1n) is 5.78. The van der Waals surface area contributed by atoms with Crippen LogP contribution in [0.5, 0.6) is 0 Å². The van der Waals surface area contributed by atoms with Crippen LogP contribution in [0.1, 0.15) is 19.4 Å². The van der Waals surface area contributed by atoms with E-state index in [0.717, 1.165) is 0 Å². The fraction of sp³-hybridized carbons (Fsp3) is 0.462. The molecular formula is C13H17Cl2NO2. The molecule has 0 aliphatic rings. The van der Waals surface area contributed by atoms with E-state index in [1.54, 1.807) is 18.2 Å². The minimum atomic E-state index is -0.251. The Kier molecular flexibility index (Phi) is 5.93. The predicted molar refractivity (Wildman–Crippen MR) is 74.0 cm³/mol. The zero-order chi connectivity index (χ0) is 13.7. The molecular weight excluding hydrogens is 273 g/mol. The lowest BCUT2D eigenvalue weighted by atomic mass is 10.0. The zero-order valence-electron chi connectivity index (χ0n) is 10.4. The number of carbonyl (C=O) groups is 1. The van der Waals surface area contributed by atoms with Crippen LogP contribution in [0.3, 0.4) is 0 Å². The summed E-state index contributed by atoms with van der Waals surface area (Å²) < 4.78 is 0. The van der Waals surface area contributed by atoms with E-state index in [-0.39, 0.29) is 30.9 Å². The van der Waals surface area contributed by atoms with Gasteiger partial charge in [-0.05, 0) is 23.6 Å². The maximum Gasteiger partial charge on any atom is 0.224 e. The Morgan fingerprint density at radius 2 is 1.89 bits per heavy atom. The first-order chi connectivity index (χ1) is 8.45. The van der Waals surface area contributed by atoms with E-state index < -0.39 is 0 Å². The van der Waals surface area contributed by atoms with E-state index in [9.17, 15) is 4.79 Å². The van der Waals surface area contributed by atoms with E-state index >= 15 is 0 Å². The van der Waals surface area contributed by atoms with Crippen molar-refractivity contribution in [2.75, 3.05) is 6.61 Å². The first-order valence-corrected chi connectivity index (χ1v) is 6.54. The van der Waals surface area contributed by atoms with Crippen LogP contribution >= 0.6 is 23.2 Å². The van der Waals surface area contributed by atoms with E-state index in [4.69, 9.17) is 28.3 Å². The predicted octanol–water partition coefficient (Wildman–Crippen LogP) is 2.67. The lowest BCUT2D eigenvalue weighted by Gasteiger charge is -2.20. The molecule has 1 aromatic rings. The summed E-state index contributed by atoms with van der Waals surface area (Å²) in [7, 11) is 0. The third-order valence-corrected chi connectivity index (χ3v) is 3.46. The van der Waals surface area contributed by atoms with Crippen molar-refractivity contribution in [1.29, 1.82) is 0 Å². The average Bonchev–Trinajstić information content (AvgIpc) is 2.30. The minimum Gasteiger partial charge on any atom is -0.394 e. The Bertz CT molecular complexity index is 401. The number of carbonyl (C=O) groups excluding carboxylic acids is 1. The molecule has 3 nitrogen and oxygen atoms in total. The lowest BCUT2D eigenvalue weighted by molar-refractivity contribution is -0.121. The minimum absolute atomic E-state index is 0.0837. The first kappa shape index (κ1) is 15.3. The van der Waals surface area contributed by atoms with Gasteiger partial charge in [0.15, 0.2) is 0 Å². The van der Waals surface area contributed by atoms with Gasteiger partial charge in [0.05, 0.1) is 19.1 Å². The highest BCUT2D eigenvalue weighted by molar-refractivity contribution is 6.36. The van der Waals surface area contributed by atoms with Crippen molar-refractivity contribution in [2.24, 2.45) is 5.92 Å². The smallest absolute Gasteiger partial charge is 0.224 e. The van der Waals surface area contributed by atoms with E-state index in [1.165, 1.54) is 0 Å². The highest BCUT2D eigenvalue weighted by atomic mass is 35.5. The molecule has 5 heteroatoms. The van der Waals surface area contributed by atoms with Crippen LogP contribution in [0, 0.1) is 5.92 Å². The van der Waals surface area contributed by atoms with Crippen LogP contribution in [0.2, 0.25) is 10.0 Å². The Labute approximate surface area is 117 Å².